The minimum Gasteiger partial charge on any atom is -0.358 e. The number of hydrogen-bond acceptors (Lipinski definition) is 4. The van der Waals surface area contributed by atoms with Crippen molar-refractivity contribution in [3.8, 4) is 0 Å². The molecule has 1 atom stereocenters. The van der Waals surface area contributed by atoms with E-state index in [4.69, 9.17) is 12.2 Å². The molecule has 0 spiro atoms. The molecule has 0 aromatic heterocycles. The molecule has 0 bridgehead atoms. The summed E-state index contributed by atoms with van der Waals surface area (Å²) in [7, 11) is 0. The quantitative estimate of drug-likeness (QED) is 0.675. The van der Waals surface area contributed by atoms with Crippen LogP contribution in [0.25, 0.3) is 0 Å². The zero-order chi connectivity index (χ0) is 16.1. The van der Waals surface area contributed by atoms with Crippen LogP contribution >= 0.6 is 24.0 Å². The predicted molar refractivity (Wildman–Crippen MR) is 95.5 cm³/mol. The average Bonchev–Trinajstić information content (AvgIpc) is 3.02. The number of nitrogens with one attached hydrogen (secondary N) is 1. The van der Waals surface area contributed by atoms with Crippen molar-refractivity contribution in [2.24, 2.45) is 0 Å². The van der Waals surface area contributed by atoms with Crippen LogP contribution in [0.2, 0.25) is 0 Å². The molecule has 1 N–H and O–H groups in total. The number of Topliss-reactive ketones (excluding diaryl/α,β-unsaturated/α-hetero) is 1. The molecule has 1 unspecified atom stereocenters. The summed E-state index contributed by atoms with van der Waals surface area (Å²) in [6, 6.07) is 6.91. The summed E-state index contributed by atoms with van der Waals surface area (Å²) in [5.74, 6) is -0.0696. The molecule has 0 saturated carbocycles. The number of rotatable bonds is 4. The van der Waals surface area contributed by atoms with Gasteiger partial charge in [-0.3, -0.25) is 9.59 Å². The molecule has 22 heavy (non-hydrogen) atoms. The normalized spacial score (nSPS) is 15.5. The number of likely N-dealkylation sites (tertiary alicyclic amines) is 1. The number of carbonyl (C=O) groups excluding carboxylic acids is 2. The van der Waals surface area contributed by atoms with Gasteiger partial charge in [0.1, 0.15) is 4.32 Å². The predicted octanol–water partition coefficient (Wildman–Crippen LogP) is 3.33. The second kappa shape index (κ2) is 7.74. The van der Waals surface area contributed by atoms with E-state index in [1.165, 1.54) is 31.5 Å². The molecule has 6 heteroatoms. The highest BCUT2D eigenvalue weighted by molar-refractivity contribution is 8.23. The standard InChI is InChI=1S/C16H20N2O2S2/c1-11(19)13-5-7-14(8-6-13)17-15(20)12(2)22-16(21)18-9-3-4-10-18/h5-8,12H,3-4,9-10H2,1-2H3,(H,17,20). The van der Waals surface area contributed by atoms with Crippen LogP contribution in [0, 0.1) is 0 Å². The van der Waals surface area contributed by atoms with E-state index in [1.54, 1.807) is 24.3 Å². The first kappa shape index (κ1) is 17.0. The molecule has 1 aromatic rings. The first-order chi connectivity index (χ1) is 10.5. The van der Waals surface area contributed by atoms with E-state index >= 15 is 0 Å². The lowest BCUT2D eigenvalue weighted by Crippen LogP contribution is -2.29. The summed E-state index contributed by atoms with van der Waals surface area (Å²) >= 11 is 6.81. The van der Waals surface area contributed by atoms with E-state index in [0.29, 0.717) is 11.3 Å². The van der Waals surface area contributed by atoms with Crippen LogP contribution in [-0.2, 0) is 4.79 Å². The van der Waals surface area contributed by atoms with Gasteiger partial charge in [0, 0.05) is 24.3 Å². The first-order valence-electron chi connectivity index (χ1n) is 7.35. The minimum absolute atomic E-state index is 0.0118. The van der Waals surface area contributed by atoms with Crippen LogP contribution in [0.15, 0.2) is 24.3 Å². The Morgan fingerprint density at radius 1 is 1.23 bits per heavy atom. The van der Waals surface area contributed by atoms with Crippen molar-refractivity contribution < 1.29 is 9.59 Å². The molecule has 1 fully saturated rings. The van der Waals surface area contributed by atoms with Gasteiger partial charge in [-0.05, 0) is 51.0 Å². The molecular weight excluding hydrogens is 316 g/mol. The molecule has 118 valence electrons. The first-order valence-corrected chi connectivity index (χ1v) is 8.63. The molecule has 2 rings (SSSR count). The van der Waals surface area contributed by atoms with Gasteiger partial charge in [0.15, 0.2) is 5.78 Å². The number of hydrogen-bond donors (Lipinski definition) is 1. The third kappa shape index (κ3) is 4.55. The monoisotopic (exact) mass is 336 g/mol. The number of ketones is 1. The molecule has 1 aliphatic heterocycles. The second-order valence-corrected chi connectivity index (χ2v) is 7.32. The van der Waals surface area contributed by atoms with Crippen molar-refractivity contribution in [1.82, 2.24) is 4.90 Å². The number of thiocarbonyl (C=S) groups is 1. The highest BCUT2D eigenvalue weighted by Gasteiger charge is 2.21. The largest absolute Gasteiger partial charge is 0.358 e. The number of carbonyl (C=O) groups is 2. The fourth-order valence-electron chi connectivity index (χ4n) is 2.21. The Kier molecular flexibility index (Phi) is 5.97. The Balaban J connectivity index is 1.87. The number of thioether (sulfide) groups is 1. The SMILES string of the molecule is CC(=O)c1ccc(NC(=O)C(C)SC(=S)N2CCCC2)cc1. The molecule has 1 saturated heterocycles. The van der Waals surface area contributed by atoms with Crippen molar-refractivity contribution in [3.05, 3.63) is 29.8 Å². The van der Waals surface area contributed by atoms with Gasteiger partial charge >= 0.3 is 0 Å². The molecule has 4 nitrogen and oxygen atoms in total. The smallest absolute Gasteiger partial charge is 0.237 e. The van der Waals surface area contributed by atoms with Gasteiger partial charge in [-0.2, -0.15) is 0 Å². The molecule has 0 aliphatic carbocycles. The Labute approximate surface area is 140 Å². The van der Waals surface area contributed by atoms with E-state index < -0.39 is 0 Å². The zero-order valence-electron chi connectivity index (χ0n) is 12.8. The van der Waals surface area contributed by atoms with Crippen LogP contribution in [0.4, 0.5) is 5.69 Å². The van der Waals surface area contributed by atoms with Gasteiger partial charge in [-0.25, -0.2) is 0 Å². The molecular formula is C16H20N2O2S2. The number of amides is 1. The molecule has 1 aromatic carbocycles. The fourth-order valence-corrected chi connectivity index (χ4v) is 3.63. The maximum absolute atomic E-state index is 12.2. The number of nitrogens with zero attached hydrogens (tertiary/aromatic N) is 1. The van der Waals surface area contributed by atoms with Gasteiger partial charge < -0.3 is 10.2 Å². The van der Waals surface area contributed by atoms with E-state index in [-0.39, 0.29) is 16.9 Å². The Hall–Kier alpha value is -1.40. The Morgan fingerprint density at radius 2 is 1.82 bits per heavy atom. The van der Waals surface area contributed by atoms with Crippen LogP contribution < -0.4 is 5.32 Å². The van der Waals surface area contributed by atoms with E-state index in [9.17, 15) is 9.59 Å². The molecule has 0 radical (unpaired) electrons. The second-order valence-electron chi connectivity index (χ2n) is 5.34. The average molecular weight is 336 g/mol. The summed E-state index contributed by atoms with van der Waals surface area (Å²) in [6.45, 7) is 5.36. The van der Waals surface area contributed by atoms with Crippen molar-refractivity contribution in [2.75, 3.05) is 18.4 Å². The van der Waals surface area contributed by atoms with Gasteiger partial charge in [-0.15, -0.1) is 0 Å². The van der Waals surface area contributed by atoms with Crippen molar-refractivity contribution in [3.63, 3.8) is 0 Å². The zero-order valence-corrected chi connectivity index (χ0v) is 14.4. The summed E-state index contributed by atoms with van der Waals surface area (Å²) in [4.78, 5) is 25.6. The van der Waals surface area contributed by atoms with Crippen LogP contribution in [-0.4, -0.2) is 39.3 Å². The van der Waals surface area contributed by atoms with Crippen LogP contribution in [0.5, 0.6) is 0 Å². The lowest BCUT2D eigenvalue weighted by atomic mass is 10.1. The van der Waals surface area contributed by atoms with Crippen molar-refractivity contribution in [1.29, 1.82) is 0 Å². The third-order valence-electron chi connectivity index (χ3n) is 3.57. The van der Waals surface area contributed by atoms with Crippen LogP contribution in [0.1, 0.15) is 37.0 Å². The highest BCUT2D eigenvalue weighted by atomic mass is 32.2. The van der Waals surface area contributed by atoms with Crippen molar-refractivity contribution in [2.45, 2.75) is 31.9 Å². The topological polar surface area (TPSA) is 49.4 Å². The van der Waals surface area contributed by atoms with Gasteiger partial charge in [0.05, 0.1) is 5.25 Å². The highest BCUT2D eigenvalue weighted by Crippen LogP contribution is 2.21. The van der Waals surface area contributed by atoms with Crippen LogP contribution in [0.3, 0.4) is 0 Å². The van der Waals surface area contributed by atoms with Gasteiger partial charge in [0.2, 0.25) is 5.91 Å². The third-order valence-corrected chi connectivity index (χ3v) is 5.14. The number of benzene rings is 1. The molecule has 1 aliphatic rings. The van der Waals surface area contributed by atoms with Gasteiger partial charge in [0.25, 0.3) is 0 Å². The van der Waals surface area contributed by atoms with Crippen molar-refractivity contribution >= 4 is 45.7 Å². The summed E-state index contributed by atoms with van der Waals surface area (Å²) in [5.41, 5.74) is 1.32. The minimum atomic E-state index is -0.249. The lowest BCUT2D eigenvalue weighted by molar-refractivity contribution is -0.115. The summed E-state index contributed by atoms with van der Waals surface area (Å²) in [6.07, 6.45) is 2.34. The maximum Gasteiger partial charge on any atom is 0.237 e. The van der Waals surface area contributed by atoms with E-state index in [1.807, 2.05) is 6.92 Å². The summed E-state index contributed by atoms with van der Waals surface area (Å²) < 4.78 is 0.798. The Bertz CT molecular complexity index is 566. The summed E-state index contributed by atoms with van der Waals surface area (Å²) in [5, 5.41) is 2.61. The molecule has 1 amide bonds. The van der Waals surface area contributed by atoms with E-state index in [2.05, 4.69) is 10.2 Å². The lowest BCUT2D eigenvalue weighted by Gasteiger charge is -2.20. The number of anilines is 1. The molecule has 1 heterocycles. The Morgan fingerprint density at radius 3 is 2.36 bits per heavy atom. The fraction of sp³-hybridized carbons (Fsp3) is 0.438. The maximum atomic E-state index is 12.2. The van der Waals surface area contributed by atoms with E-state index in [0.717, 1.165) is 17.4 Å². The van der Waals surface area contributed by atoms with Gasteiger partial charge in [-0.1, -0.05) is 24.0 Å².